The molecule has 0 aliphatic carbocycles. The van der Waals surface area contributed by atoms with E-state index in [2.05, 4.69) is 5.10 Å². The average molecular weight is 264 g/mol. The fourth-order valence-electron chi connectivity index (χ4n) is 2.03. The molecule has 0 unspecified atom stereocenters. The largest absolute Gasteiger partial charge is 0.478 e. The van der Waals surface area contributed by atoms with Crippen LogP contribution in [0.25, 0.3) is 16.8 Å². The van der Waals surface area contributed by atoms with Crippen molar-refractivity contribution in [1.29, 1.82) is 0 Å². The Morgan fingerprint density at radius 2 is 1.75 bits per heavy atom. The van der Waals surface area contributed by atoms with Crippen LogP contribution < -0.4 is 0 Å². The van der Waals surface area contributed by atoms with E-state index in [4.69, 9.17) is 5.11 Å². The Morgan fingerprint density at radius 3 is 2.45 bits per heavy atom. The minimum Gasteiger partial charge on any atom is -0.478 e. The summed E-state index contributed by atoms with van der Waals surface area (Å²) in [5, 5.41) is 13.0. The molecule has 1 N–H and O–H groups in total. The van der Waals surface area contributed by atoms with Crippen LogP contribution in [0.3, 0.4) is 0 Å². The number of hydrogen-bond donors (Lipinski definition) is 1. The number of aromatic nitrogens is 2. The van der Waals surface area contributed by atoms with Gasteiger partial charge in [-0.25, -0.2) is 9.48 Å². The second-order valence-corrected chi connectivity index (χ2v) is 4.40. The van der Waals surface area contributed by atoms with Crippen molar-refractivity contribution in [2.75, 3.05) is 0 Å². The lowest BCUT2D eigenvalue weighted by molar-refractivity contribution is 0.0697. The molecule has 3 aromatic rings. The van der Waals surface area contributed by atoms with Crippen molar-refractivity contribution in [2.24, 2.45) is 0 Å². The summed E-state index contributed by atoms with van der Waals surface area (Å²) in [6.45, 7) is 0. The maximum Gasteiger partial charge on any atom is 0.338 e. The molecule has 0 fully saturated rings. The van der Waals surface area contributed by atoms with Crippen molar-refractivity contribution in [3.8, 4) is 16.8 Å². The van der Waals surface area contributed by atoms with Gasteiger partial charge in [0.1, 0.15) is 0 Å². The van der Waals surface area contributed by atoms with Crippen molar-refractivity contribution in [3.63, 3.8) is 0 Å². The zero-order valence-electron chi connectivity index (χ0n) is 10.6. The Bertz CT molecular complexity index is 748. The van der Waals surface area contributed by atoms with E-state index >= 15 is 0 Å². The Hall–Kier alpha value is -2.88. The molecule has 4 heteroatoms. The van der Waals surface area contributed by atoms with Gasteiger partial charge in [0.05, 0.1) is 17.4 Å². The van der Waals surface area contributed by atoms with Gasteiger partial charge in [-0.05, 0) is 23.3 Å². The number of carboxylic acid groups (broad SMARTS) is 1. The standard InChI is InChI=1S/C16H12N2O2/c19-16(20)14-10-17-18(11-14)15-8-4-7-13(9-15)12-5-2-1-3-6-12/h1-11H,(H,19,20). The average Bonchev–Trinajstić information content (AvgIpc) is 2.98. The number of nitrogens with zero attached hydrogens (tertiary/aromatic N) is 2. The van der Waals surface area contributed by atoms with Crippen molar-refractivity contribution in [2.45, 2.75) is 0 Å². The van der Waals surface area contributed by atoms with Gasteiger partial charge in [-0.1, -0.05) is 42.5 Å². The zero-order valence-corrected chi connectivity index (χ0v) is 10.6. The molecule has 4 nitrogen and oxygen atoms in total. The highest BCUT2D eigenvalue weighted by Gasteiger charge is 2.07. The van der Waals surface area contributed by atoms with Crippen LogP contribution >= 0.6 is 0 Å². The molecule has 1 heterocycles. The quantitative estimate of drug-likeness (QED) is 0.790. The third-order valence-corrected chi connectivity index (χ3v) is 3.05. The number of carboxylic acids is 1. The predicted molar refractivity (Wildman–Crippen MR) is 76.0 cm³/mol. The van der Waals surface area contributed by atoms with Gasteiger partial charge in [0, 0.05) is 6.20 Å². The Morgan fingerprint density at radius 1 is 1.00 bits per heavy atom. The molecule has 2 aromatic carbocycles. The summed E-state index contributed by atoms with van der Waals surface area (Å²) in [6.07, 6.45) is 2.85. The van der Waals surface area contributed by atoms with Crippen molar-refractivity contribution >= 4 is 5.97 Å². The van der Waals surface area contributed by atoms with Gasteiger partial charge in [0.2, 0.25) is 0 Å². The van der Waals surface area contributed by atoms with Gasteiger partial charge in [-0.2, -0.15) is 5.10 Å². The topological polar surface area (TPSA) is 55.1 Å². The molecule has 1 aromatic heterocycles. The van der Waals surface area contributed by atoms with E-state index in [0.717, 1.165) is 16.8 Å². The van der Waals surface area contributed by atoms with E-state index < -0.39 is 5.97 Å². The van der Waals surface area contributed by atoms with Crippen molar-refractivity contribution in [3.05, 3.63) is 72.6 Å². The molecular weight excluding hydrogens is 252 g/mol. The van der Waals surface area contributed by atoms with Gasteiger partial charge in [0.15, 0.2) is 0 Å². The van der Waals surface area contributed by atoms with Crippen LogP contribution in [-0.4, -0.2) is 20.9 Å². The predicted octanol–water partition coefficient (Wildman–Crippen LogP) is 3.24. The summed E-state index contributed by atoms with van der Waals surface area (Å²) < 4.78 is 1.57. The van der Waals surface area contributed by atoms with E-state index in [1.54, 1.807) is 4.68 Å². The molecule has 3 rings (SSSR count). The van der Waals surface area contributed by atoms with Crippen LogP contribution in [-0.2, 0) is 0 Å². The van der Waals surface area contributed by atoms with Gasteiger partial charge in [0.25, 0.3) is 0 Å². The third-order valence-electron chi connectivity index (χ3n) is 3.05. The molecule has 0 atom stereocenters. The second-order valence-electron chi connectivity index (χ2n) is 4.40. The summed E-state index contributed by atoms with van der Waals surface area (Å²) in [6, 6.07) is 17.8. The highest BCUT2D eigenvalue weighted by atomic mass is 16.4. The van der Waals surface area contributed by atoms with E-state index in [0.29, 0.717) is 0 Å². The first-order valence-corrected chi connectivity index (χ1v) is 6.18. The van der Waals surface area contributed by atoms with Crippen LogP contribution in [0.2, 0.25) is 0 Å². The lowest BCUT2D eigenvalue weighted by atomic mass is 10.1. The van der Waals surface area contributed by atoms with Crippen LogP contribution in [0, 0.1) is 0 Å². The monoisotopic (exact) mass is 264 g/mol. The Balaban J connectivity index is 2.01. The molecule has 0 saturated heterocycles. The highest BCUT2D eigenvalue weighted by molar-refractivity contribution is 5.87. The summed E-state index contributed by atoms with van der Waals surface area (Å²) >= 11 is 0. The summed E-state index contributed by atoms with van der Waals surface area (Å²) in [7, 11) is 0. The van der Waals surface area contributed by atoms with Crippen LogP contribution in [0.1, 0.15) is 10.4 Å². The molecule has 0 aliphatic heterocycles. The number of aromatic carboxylic acids is 1. The lowest BCUT2D eigenvalue weighted by Gasteiger charge is -2.05. The van der Waals surface area contributed by atoms with Crippen molar-refractivity contribution < 1.29 is 9.90 Å². The van der Waals surface area contributed by atoms with E-state index in [1.165, 1.54) is 12.4 Å². The number of benzene rings is 2. The molecular formula is C16H12N2O2. The van der Waals surface area contributed by atoms with E-state index in [-0.39, 0.29) is 5.56 Å². The minimum atomic E-state index is -0.976. The van der Waals surface area contributed by atoms with Gasteiger partial charge >= 0.3 is 5.97 Å². The molecule has 0 aliphatic rings. The molecule has 0 spiro atoms. The van der Waals surface area contributed by atoms with Crippen LogP contribution in [0.15, 0.2) is 67.0 Å². The van der Waals surface area contributed by atoms with Gasteiger partial charge in [-0.15, -0.1) is 0 Å². The van der Waals surface area contributed by atoms with E-state index in [1.807, 2.05) is 54.6 Å². The smallest absolute Gasteiger partial charge is 0.338 e. The second kappa shape index (κ2) is 5.01. The third kappa shape index (κ3) is 2.31. The first-order valence-electron chi connectivity index (χ1n) is 6.18. The first kappa shape index (κ1) is 12.2. The summed E-state index contributed by atoms with van der Waals surface area (Å²) in [4.78, 5) is 10.9. The Labute approximate surface area is 115 Å². The minimum absolute atomic E-state index is 0.176. The maximum atomic E-state index is 10.9. The first-order chi connectivity index (χ1) is 9.74. The van der Waals surface area contributed by atoms with Crippen LogP contribution in [0.4, 0.5) is 0 Å². The fraction of sp³-hybridized carbons (Fsp3) is 0. The van der Waals surface area contributed by atoms with Gasteiger partial charge in [-0.3, -0.25) is 0 Å². The molecule has 0 bridgehead atoms. The number of carbonyl (C=O) groups is 1. The molecule has 0 radical (unpaired) electrons. The van der Waals surface area contributed by atoms with Crippen LogP contribution in [0.5, 0.6) is 0 Å². The van der Waals surface area contributed by atoms with Gasteiger partial charge < -0.3 is 5.11 Å². The number of rotatable bonds is 3. The summed E-state index contributed by atoms with van der Waals surface area (Å²) in [5.41, 5.74) is 3.18. The fourth-order valence-corrected chi connectivity index (χ4v) is 2.03. The molecule has 0 saturated carbocycles. The lowest BCUT2D eigenvalue weighted by Crippen LogP contribution is -1.96. The summed E-state index contributed by atoms with van der Waals surface area (Å²) in [5.74, 6) is -0.976. The molecule has 98 valence electrons. The Kier molecular flexibility index (Phi) is 3.05. The molecule has 0 amide bonds. The molecule has 20 heavy (non-hydrogen) atoms. The normalized spacial score (nSPS) is 10.4. The maximum absolute atomic E-state index is 10.9. The van der Waals surface area contributed by atoms with Crippen molar-refractivity contribution in [1.82, 2.24) is 9.78 Å². The zero-order chi connectivity index (χ0) is 13.9. The highest BCUT2D eigenvalue weighted by Crippen LogP contribution is 2.21. The number of hydrogen-bond acceptors (Lipinski definition) is 2. The SMILES string of the molecule is O=C(O)c1cnn(-c2cccc(-c3ccccc3)c2)c1. The van der Waals surface area contributed by atoms with E-state index in [9.17, 15) is 4.79 Å².